The van der Waals surface area contributed by atoms with Gasteiger partial charge in [-0.05, 0) is 11.6 Å². The molecule has 0 aliphatic carbocycles. The highest BCUT2D eigenvalue weighted by atomic mass is 32.2. The Balaban J connectivity index is 2.00. The number of hydrogen-bond acceptors (Lipinski definition) is 4. The zero-order chi connectivity index (χ0) is 14.3. The van der Waals surface area contributed by atoms with E-state index in [9.17, 15) is 13.8 Å². The fourth-order valence-electron chi connectivity index (χ4n) is 1.81. The molecule has 2 aromatic rings. The van der Waals surface area contributed by atoms with Gasteiger partial charge in [0, 0.05) is 37.1 Å². The summed E-state index contributed by atoms with van der Waals surface area (Å²) in [5.41, 5.74) is 1.29. The standard InChI is InChI=1S/C12H10N4O3S/c1-15-3-2-8(4-11(15)18)9-6-13-16(7-9)12-5-10(17)14-20(12)19/h2-7H,1H3,(H,14,17). The van der Waals surface area contributed by atoms with E-state index >= 15 is 0 Å². The van der Waals surface area contributed by atoms with Gasteiger partial charge in [0.05, 0.1) is 6.20 Å². The lowest BCUT2D eigenvalue weighted by molar-refractivity contribution is -0.114. The van der Waals surface area contributed by atoms with Crippen LogP contribution in [0.5, 0.6) is 0 Å². The number of nitrogens with zero attached hydrogens (tertiary/aromatic N) is 3. The van der Waals surface area contributed by atoms with Crippen LogP contribution in [0.2, 0.25) is 0 Å². The SMILES string of the molecule is Cn1ccc(-c2cnn(C3=CC(=O)NS3=O)c2)cc1=O. The molecule has 0 bridgehead atoms. The van der Waals surface area contributed by atoms with E-state index < -0.39 is 16.9 Å². The van der Waals surface area contributed by atoms with E-state index in [1.165, 1.54) is 21.4 Å². The summed E-state index contributed by atoms with van der Waals surface area (Å²) < 4.78 is 16.7. The highest BCUT2D eigenvalue weighted by Crippen LogP contribution is 2.20. The van der Waals surface area contributed by atoms with Gasteiger partial charge in [-0.1, -0.05) is 0 Å². The Morgan fingerprint density at radius 3 is 2.75 bits per heavy atom. The Morgan fingerprint density at radius 2 is 2.10 bits per heavy atom. The van der Waals surface area contributed by atoms with Crippen molar-refractivity contribution in [1.82, 2.24) is 19.1 Å². The summed E-state index contributed by atoms with van der Waals surface area (Å²) in [6, 6.07) is 3.27. The Bertz CT molecular complexity index is 818. The average molecular weight is 290 g/mol. The summed E-state index contributed by atoms with van der Waals surface area (Å²) in [5, 5.41) is 4.33. The molecule has 102 valence electrons. The third-order valence-electron chi connectivity index (χ3n) is 2.88. The quantitative estimate of drug-likeness (QED) is 0.833. The monoisotopic (exact) mass is 290 g/mol. The number of carbonyl (C=O) groups is 1. The second-order valence-electron chi connectivity index (χ2n) is 4.26. The smallest absolute Gasteiger partial charge is 0.258 e. The molecule has 0 aromatic carbocycles. The molecule has 8 heteroatoms. The third kappa shape index (κ3) is 2.10. The molecule has 1 N–H and O–H groups in total. The molecule has 7 nitrogen and oxygen atoms in total. The fraction of sp³-hybridized carbons (Fsp3) is 0.0833. The van der Waals surface area contributed by atoms with Gasteiger partial charge in [-0.25, -0.2) is 8.89 Å². The molecule has 0 radical (unpaired) electrons. The van der Waals surface area contributed by atoms with Crippen LogP contribution in [0.1, 0.15) is 0 Å². The van der Waals surface area contributed by atoms with Crippen molar-refractivity contribution < 1.29 is 9.00 Å². The molecule has 20 heavy (non-hydrogen) atoms. The first-order chi connectivity index (χ1) is 9.54. The maximum atomic E-state index is 11.6. The summed E-state index contributed by atoms with van der Waals surface area (Å²) in [6.45, 7) is 0. The first-order valence-corrected chi connectivity index (χ1v) is 6.86. The second kappa shape index (κ2) is 4.57. The molecule has 0 spiro atoms. The number of nitrogens with one attached hydrogen (secondary N) is 1. The normalized spacial score (nSPS) is 17.9. The molecule has 1 aliphatic rings. The minimum Gasteiger partial charge on any atom is -0.319 e. The molecular weight excluding hydrogens is 280 g/mol. The molecule has 0 saturated carbocycles. The summed E-state index contributed by atoms with van der Waals surface area (Å²) in [4.78, 5) is 22.7. The maximum absolute atomic E-state index is 11.6. The lowest BCUT2D eigenvalue weighted by atomic mass is 10.1. The minimum absolute atomic E-state index is 0.129. The molecule has 1 unspecified atom stereocenters. The van der Waals surface area contributed by atoms with Gasteiger partial charge < -0.3 is 4.57 Å². The molecule has 3 heterocycles. The van der Waals surface area contributed by atoms with Crippen LogP contribution in [0.4, 0.5) is 0 Å². The van der Waals surface area contributed by atoms with E-state index in [-0.39, 0.29) is 10.6 Å². The molecular formula is C12H10N4O3S. The van der Waals surface area contributed by atoms with Crippen LogP contribution in [-0.2, 0) is 22.8 Å². The number of hydrogen-bond donors (Lipinski definition) is 1. The van der Waals surface area contributed by atoms with Gasteiger partial charge in [-0.2, -0.15) is 5.10 Å². The van der Waals surface area contributed by atoms with Crippen LogP contribution in [0.15, 0.2) is 41.6 Å². The van der Waals surface area contributed by atoms with Gasteiger partial charge in [0.1, 0.15) is 0 Å². The summed E-state index contributed by atoms with van der Waals surface area (Å²) in [7, 11) is 0.0694. The van der Waals surface area contributed by atoms with E-state index in [1.54, 1.807) is 31.7 Å². The van der Waals surface area contributed by atoms with E-state index in [4.69, 9.17) is 0 Å². The highest BCUT2D eigenvalue weighted by Gasteiger charge is 2.21. The largest absolute Gasteiger partial charge is 0.319 e. The fourth-order valence-corrected chi connectivity index (χ4v) is 2.64. The molecule has 1 amide bonds. The second-order valence-corrected chi connectivity index (χ2v) is 5.42. The Labute approximate surface area is 116 Å². The van der Waals surface area contributed by atoms with Crippen molar-refractivity contribution in [3.8, 4) is 11.1 Å². The van der Waals surface area contributed by atoms with Crippen molar-refractivity contribution >= 4 is 21.9 Å². The first-order valence-electron chi connectivity index (χ1n) is 5.71. The van der Waals surface area contributed by atoms with Gasteiger partial charge in [0.25, 0.3) is 11.5 Å². The van der Waals surface area contributed by atoms with E-state index in [0.717, 1.165) is 0 Å². The van der Waals surface area contributed by atoms with Gasteiger partial charge in [0.15, 0.2) is 16.0 Å². The number of aryl methyl sites for hydroxylation is 1. The molecule has 0 fully saturated rings. The number of pyridine rings is 1. The summed E-state index contributed by atoms with van der Waals surface area (Å²) in [5.74, 6) is -0.413. The number of rotatable bonds is 2. The highest BCUT2D eigenvalue weighted by molar-refractivity contribution is 7.93. The summed E-state index contributed by atoms with van der Waals surface area (Å²) in [6.07, 6.45) is 6.07. The third-order valence-corrected chi connectivity index (χ3v) is 3.96. The molecule has 3 rings (SSSR count). The zero-order valence-corrected chi connectivity index (χ0v) is 11.3. The average Bonchev–Trinajstić information content (AvgIpc) is 2.99. The molecule has 1 aliphatic heterocycles. The Morgan fingerprint density at radius 1 is 1.30 bits per heavy atom. The van der Waals surface area contributed by atoms with Crippen molar-refractivity contribution in [3.05, 3.63) is 47.2 Å². The van der Waals surface area contributed by atoms with E-state index in [1.807, 2.05) is 0 Å². The van der Waals surface area contributed by atoms with E-state index in [2.05, 4.69) is 9.82 Å². The van der Waals surface area contributed by atoms with Crippen molar-refractivity contribution in [2.24, 2.45) is 7.05 Å². The van der Waals surface area contributed by atoms with Crippen LogP contribution < -0.4 is 10.3 Å². The van der Waals surface area contributed by atoms with E-state index in [0.29, 0.717) is 11.1 Å². The van der Waals surface area contributed by atoms with Gasteiger partial charge in [-0.3, -0.25) is 14.3 Å². The van der Waals surface area contributed by atoms with Crippen molar-refractivity contribution in [1.29, 1.82) is 0 Å². The Hall–Kier alpha value is -2.48. The van der Waals surface area contributed by atoms with Crippen LogP contribution in [0, 0.1) is 0 Å². The predicted octanol–water partition coefficient (Wildman–Crippen LogP) is -0.159. The minimum atomic E-state index is -1.60. The van der Waals surface area contributed by atoms with Crippen LogP contribution in [0.25, 0.3) is 16.2 Å². The topological polar surface area (TPSA) is 86.0 Å². The number of carbonyl (C=O) groups excluding carboxylic acids is 1. The first kappa shape index (κ1) is 12.5. The van der Waals surface area contributed by atoms with Crippen LogP contribution in [-0.4, -0.2) is 24.5 Å². The summed E-state index contributed by atoms with van der Waals surface area (Å²) >= 11 is 0. The number of amides is 1. The van der Waals surface area contributed by atoms with Gasteiger partial charge in [0.2, 0.25) is 0 Å². The predicted molar refractivity (Wildman–Crippen MR) is 73.5 cm³/mol. The van der Waals surface area contributed by atoms with Crippen molar-refractivity contribution in [2.45, 2.75) is 0 Å². The van der Waals surface area contributed by atoms with Gasteiger partial charge in [-0.15, -0.1) is 0 Å². The van der Waals surface area contributed by atoms with Crippen LogP contribution in [0.3, 0.4) is 0 Å². The number of aromatic nitrogens is 3. The molecule has 1 atom stereocenters. The lowest BCUT2D eigenvalue weighted by Crippen LogP contribution is -2.17. The maximum Gasteiger partial charge on any atom is 0.258 e. The molecule has 0 saturated heterocycles. The zero-order valence-electron chi connectivity index (χ0n) is 10.4. The lowest BCUT2D eigenvalue weighted by Gasteiger charge is -2.00. The Kier molecular flexibility index (Phi) is 2.87. The van der Waals surface area contributed by atoms with Crippen molar-refractivity contribution in [3.63, 3.8) is 0 Å². The molecule has 2 aromatic heterocycles. The van der Waals surface area contributed by atoms with Crippen molar-refractivity contribution in [2.75, 3.05) is 0 Å². The van der Waals surface area contributed by atoms with Crippen LogP contribution >= 0.6 is 0 Å². The van der Waals surface area contributed by atoms with Gasteiger partial charge >= 0.3 is 0 Å².